The van der Waals surface area contributed by atoms with Gasteiger partial charge in [0, 0.05) is 9.35 Å². The number of carbonyl (C=O) groups is 1. The van der Waals surface area contributed by atoms with Crippen molar-refractivity contribution in [2.75, 3.05) is 6.61 Å². The number of esters is 1. The second-order valence-electron chi connectivity index (χ2n) is 6.54. The molecule has 1 aromatic carbocycles. The maximum Gasteiger partial charge on any atom is 0.338 e. The molecule has 0 saturated carbocycles. The fourth-order valence-corrected chi connectivity index (χ4v) is 5.55. The van der Waals surface area contributed by atoms with Crippen molar-refractivity contribution in [3.8, 4) is 0 Å². The minimum Gasteiger partial charge on any atom is -0.458 e. The van der Waals surface area contributed by atoms with E-state index in [1.807, 2.05) is 47.9 Å². The van der Waals surface area contributed by atoms with Crippen LogP contribution in [0.25, 0.3) is 6.08 Å². The summed E-state index contributed by atoms with van der Waals surface area (Å²) in [5, 5.41) is 1.93. The van der Waals surface area contributed by atoms with Gasteiger partial charge in [-0.25, -0.2) is 9.79 Å². The normalized spacial score (nSPS) is 16.2. The van der Waals surface area contributed by atoms with E-state index in [4.69, 9.17) is 4.74 Å². The number of ether oxygens (including phenoxy) is 1. The highest BCUT2D eigenvalue weighted by Crippen LogP contribution is 2.33. The van der Waals surface area contributed by atoms with Gasteiger partial charge in [0.1, 0.15) is 12.6 Å². The number of halogens is 1. The molecule has 1 unspecified atom stereocenters. The average Bonchev–Trinajstić information content (AvgIpc) is 3.34. The van der Waals surface area contributed by atoms with E-state index in [2.05, 4.69) is 27.5 Å². The van der Waals surface area contributed by atoms with Gasteiger partial charge in [-0.2, -0.15) is 0 Å². The summed E-state index contributed by atoms with van der Waals surface area (Å²) < 4.78 is 8.39. The number of carbonyl (C=O) groups excluding carboxylic acids is 1. The van der Waals surface area contributed by atoms with Crippen LogP contribution in [-0.4, -0.2) is 17.1 Å². The zero-order valence-corrected chi connectivity index (χ0v) is 19.2. The standard InChI is InChI=1S/C22H17BrN2O3S2/c1-3-9-28-21(27)18-13(2)24-22-25(19(18)16-8-5-10-29-16)20(26)17(30-22)12-14-6-4-7-15(23)11-14/h3-8,10-12,19H,1,9H2,2H3. The van der Waals surface area contributed by atoms with Crippen molar-refractivity contribution >= 4 is 50.6 Å². The quantitative estimate of drug-likeness (QED) is 0.395. The summed E-state index contributed by atoms with van der Waals surface area (Å²) in [6.45, 7) is 5.46. The maximum absolute atomic E-state index is 13.4. The van der Waals surface area contributed by atoms with Crippen LogP contribution >= 0.6 is 38.6 Å². The summed E-state index contributed by atoms with van der Waals surface area (Å²) in [6.07, 6.45) is 3.36. The van der Waals surface area contributed by atoms with Gasteiger partial charge in [0.2, 0.25) is 0 Å². The molecule has 0 bridgehead atoms. The number of nitrogens with zero attached hydrogens (tertiary/aromatic N) is 2. The van der Waals surface area contributed by atoms with E-state index in [1.54, 1.807) is 11.5 Å². The van der Waals surface area contributed by atoms with E-state index in [-0.39, 0.29) is 12.2 Å². The summed E-state index contributed by atoms with van der Waals surface area (Å²) in [6, 6.07) is 11.0. The molecule has 3 aromatic rings. The highest BCUT2D eigenvalue weighted by atomic mass is 79.9. The van der Waals surface area contributed by atoms with Crippen LogP contribution in [0.1, 0.15) is 23.4 Å². The molecule has 0 amide bonds. The first-order valence-electron chi connectivity index (χ1n) is 9.09. The third-order valence-electron chi connectivity index (χ3n) is 4.53. The van der Waals surface area contributed by atoms with Gasteiger partial charge >= 0.3 is 5.97 Å². The third kappa shape index (κ3) is 3.90. The zero-order valence-electron chi connectivity index (χ0n) is 16.0. The van der Waals surface area contributed by atoms with E-state index in [9.17, 15) is 9.59 Å². The lowest BCUT2D eigenvalue weighted by Gasteiger charge is -2.23. The Hall–Kier alpha value is -2.55. The molecule has 0 saturated heterocycles. The second-order valence-corrected chi connectivity index (χ2v) is 9.44. The van der Waals surface area contributed by atoms with Crippen LogP contribution < -0.4 is 14.9 Å². The first-order chi connectivity index (χ1) is 14.5. The molecule has 0 spiro atoms. The number of thiazole rings is 1. The maximum atomic E-state index is 13.4. The monoisotopic (exact) mass is 500 g/mol. The minimum absolute atomic E-state index is 0.0973. The van der Waals surface area contributed by atoms with E-state index < -0.39 is 12.0 Å². The molecular formula is C22H17BrN2O3S2. The Morgan fingerprint density at radius 2 is 2.20 bits per heavy atom. The summed E-state index contributed by atoms with van der Waals surface area (Å²) in [4.78, 5) is 32.2. The van der Waals surface area contributed by atoms with Crippen LogP contribution in [0.2, 0.25) is 0 Å². The van der Waals surface area contributed by atoms with Gasteiger partial charge in [-0.3, -0.25) is 9.36 Å². The van der Waals surface area contributed by atoms with E-state index in [1.165, 1.54) is 28.7 Å². The summed E-state index contributed by atoms with van der Waals surface area (Å²) in [5.41, 5.74) is 1.65. The molecule has 0 radical (unpaired) electrons. The first-order valence-corrected chi connectivity index (χ1v) is 11.6. The fraction of sp³-hybridized carbons (Fsp3) is 0.136. The predicted molar refractivity (Wildman–Crippen MR) is 123 cm³/mol. The molecule has 5 nitrogen and oxygen atoms in total. The molecule has 1 atom stereocenters. The molecule has 0 aliphatic carbocycles. The average molecular weight is 501 g/mol. The number of aromatic nitrogens is 1. The van der Waals surface area contributed by atoms with Gasteiger partial charge in [-0.05, 0) is 42.1 Å². The van der Waals surface area contributed by atoms with Crippen molar-refractivity contribution in [2.24, 2.45) is 4.99 Å². The van der Waals surface area contributed by atoms with Gasteiger partial charge in [0.15, 0.2) is 4.80 Å². The van der Waals surface area contributed by atoms with Crippen molar-refractivity contribution in [1.82, 2.24) is 4.57 Å². The molecule has 30 heavy (non-hydrogen) atoms. The largest absolute Gasteiger partial charge is 0.458 e. The lowest BCUT2D eigenvalue weighted by molar-refractivity contribution is -0.138. The third-order valence-corrected chi connectivity index (χ3v) is 6.93. The zero-order chi connectivity index (χ0) is 21.3. The summed E-state index contributed by atoms with van der Waals surface area (Å²) >= 11 is 6.26. The van der Waals surface area contributed by atoms with Crippen LogP contribution in [0, 0.1) is 0 Å². The highest BCUT2D eigenvalue weighted by Gasteiger charge is 2.33. The Balaban J connectivity index is 1.91. The Bertz CT molecular complexity index is 1330. The predicted octanol–water partition coefficient (Wildman–Crippen LogP) is 3.79. The summed E-state index contributed by atoms with van der Waals surface area (Å²) in [5.74, 6) is -0.490. The molecule has 152 valence electrons. The molecule has 8 heteroatoms. The van der Waals surface area contributed by atoms with Crippen molar-refractivity contribution < 1.29 is 9.53 Å². The molecule has 0 N–H and O–H groups in total. The van der Waals surface area contributed by atoms with Gasteiger partial charge in [-0.15, -0.1) is 11.3 Å². The molecular weight excluding hydrogens is 484 g/mol. The minimum atomic E-state index is -0.566. The van der Waals surface area contributed by atoms with Crippen LogP contribution in [0.5, 0.6) is 0 Å². The van der Waals surface area contributed by atoms with Crippen LogP contribution in [0.15, 0.2) is 80.0 Å². The number of hydrogen-bond acceptors (Lipinski definition) is 6. The number of thiophene rings is 1. The van der Waals surface area contributed by atoms with E-state index >= 15 is 0 Å². The van der Waals surface area contributed by atoms with Gasteiger partial charge < -0.3 is 4.74 Å². The van der Waals surface area contributed by atoms with Crippen molar-refractivity contribution in [1.29, 1.82) is 0 Å². The number of benzene rings is 1. The number of fused-ring (bicyclic) bond motifs is 1. The lowest BCUT2D eigenvalue weighted by atomic mass is 10.0. The Kier molecular flexibility index (Phi) is 5.99. The van der Waals surface area contributed by atoms with Gasteiger partial charge in [0.25, 0.3) is 5.56 Å². The van der Waals surface area contributed by atoms with Crippen molar-refractivity contribution in [3.05, 3.63) is 100 Å². The molecule has 4 rings (SSSR count). The number of rotatable bonds is 5. The van der Waals surface area contributed by atoms with Gasteiger partial charge in [-0.1, -0.05) is 58.1 Å². The van der Waals surface area contributed by atoms with Crippen LogP contribution in [-0.2, 0) is 9.53 Å². The highest BCUT2D eigenvalue weighted by molar-refractivity contribution is 9.10. The first kappa shape index (κ1) is 20.7. The second kappa shape index (κ2) is 8.67. The number of hydrogen-bond donors (Lipinski definition) is 0. The van der Waals surface area contributed by atoms with Crippen LogP contribution in [0.3, 0.4) is 0 Å². The fourth-order valence-electron chi connectivity index (χ4n) is 3.26. The lowest BCUT2D eigenvalue weighted by Crippen LogP contribution is -2.39. The Morgan fingerprint density at radius 1 is 1.37 bits per heavy atom. The van der Waals surface area contributed by atoms with Crippen molar-refractivity contribution in [3.63, 3.8) is 0 Å². The van der Waals surface area contributed by atoms with E-state index in [0.29, 0.717) is 20.6 Å². The Morgan fingerprint density at radius 3 is 2.90 bits per heavy atom. The molecule has 3 heterocycles. The topological polar surface area (TPSA) is 60.7 Å². The van der Waals surface area contributed by atoms with Crippen molar-refractivity contribution in [2.45, 2.75) is 13.0 Å². The SMILES string of the molecule is C=CCOC(=O)C1=C(C)N=c2sc(=Cc3cccc(Br)c3)c(=O)n2C1c1cccs1. The Labute approximate surface area is 189 Å². The molecule has 1 aliphatic heterocycles. The van der Waals surface area contributed by atoms with Gasteiger partial charge in [0.05, 0.1) is 15.8 Å². The molecule has 2 aromatic heterocycles. The van der Waals surface area contributed by atoms with Crippen LogP contribution in [0.4, 0.5) is 0 Å². The smallest absolute Gasteiger partial charge is 0.338 e. The molecule has 1 aliphatic rings. The molecule has 0 fully saturated rings. The summed E-state index contributed by atoms with van der Waals surface area (Å²) in [7, 11) is 0. The number of allylic oxidation sites excluding steroid dienone is 1. The van der Waals surface area contributed by atoms with E-state index in [0.717, 1.165) is 14.9 Å².